The van der Waals surface area contributed by atoms with Gasteiger partial charge in [0.2, 0.25) is 0 Å². The molecule has 1 amide bonds. The number of carboxylic acids is 2. The molecule has 8 heteroatoms. The Labute approximate surface area is 151 Å². The van der Waals surface area contributed by atoms with Crippen LogP contribution in [0.25, 0.3) is 6.08 Å². The lowest BCUT2D eigenvalue weighted by molar-refractivity contribution is -0.147. The van der Waals surface area contributed by atoms with Gasteiger partial charge in [-0.05, 0) is 37.6 Å². The molecule has 0 aliphatic heterocycles. The first kappa shape index (κ1) is 20.7. The van der Waals surface area contributed by atoms with Crippen molar-refractivity contribution < 1.29 is 24.6 Å². The molecule has 2 N–H and O–H groups in total. The second kappa shape index (κ2) is 9.84. The number of hydrogen-bond donors (Lipinski definition) is 2. The van der Waals surface area contributed by atoms with Gasteiger partial charge in [0, 0.05) is 18.8 Å². The summed E-state index contributed by atoms with van der Waals surface area (Å²) in [5.41, 5.74) is 1.25. The van der Waals surface area contributed by atoms with Crippen molar-refractivity contribution in [1.82, 2.24) is 4.90 Å². The molecule has 0 aromatic heterocycles. The van der Waals surface area contributed by atoms with E-state index in [1.165, 1.54) is 6.08 Å². The first-order valence-electron chi connectivity index (χ1n) is 8.02. The maximum Gasteiger partial charge on any atom is 0.323 e. The van der Waals surface area contributed by atoms with Crippen LogP contribution >= 0.6 is 0 Å². The summed E-state index contributed by atoms with van der Waals surface area (Å²) < 4.78 is 0. The van der Waals surface area contributed by atoms with Crippen LogP contribution in [-0.4, -0.2) is 59.1 Å². The molecule has 0 aliphatic carbocycles. The molecule has 0 saturated carbocycles. The van der Waals surface area contributed by atoms with Crippen LogP contribution in [-0.2, 0) is 14.4 Å². The third-order valence-electron chi connectivity index (χ3n) is 3.62. The molecule has 1 aromatic carbocycles. The maximum atomic E-state index is 12.3. The van der Waals surface area contributed by atoms with Crippen LogP contribution in [0.5, 0.6) is 0 Å². The van der Waals surface area contributed by atoms with Crippen molar-refractivity contribution >= 4 is 29.6 Å². The van der Waals surface area contributed by atoms with Gasteiger partial charge < -0.3 is 20.0 Å². The van der Waals surface area contributed by atoms with E-state index in [1.54, 1.807) is 18.2 Å². The van der Waals surface area contributed by atoms with Gasteiger partial charge in [0.25, 0.3) is 5.91 Å². The smallest absolute Gasteiger partial charge is 0.323 e. The maximum absolute atomic E-state index is 12.3. The molecular weight excluding hydrogens is 338 g/mol. The van der Waals surface area contributed by atoms with Gasteiger partial charge in [-0.3, -0.25) is 14.4 Å². The molecular formula is C18H21N3O5. The van der Waals surface area contributed by atoms with Crippen molar-refractivity contribution in [3.8, 4) is 6.07 Å². The first-order chi connectivity index (χ1) is 12.3. The molecule has 26 heavy (non-hydrogen) atoms. The van der Waals surface area contributed by atoms with Crippen LogP contribution < -0.4 is 4.90 Å². The lowest BCUT2D eigenvalue weighted by atomic mass is 10.1. The van der Waals surface area contributed by atoms with E-state index in [1.807, 2.05) is 26.0 Å². The molecule has 0 heterocycles. The summed E-state index contributed by atoms with van der Waals surface area (Å²) >= 11 is 0. The number of carbonyl (C=O) groups excluding carboxylic acids is 1. The van der Waals surface area contributed by atoms with Crippen LogP contribution in [0.3, 0.4) is 0 Å². The topological polar surface area (TPSA) is 122 Å². The zero-order valence-electron chi connectivity index (χ0n) is 14.7. The molecule has 0 fully saturated rings. The summed E-state index contributed by atoms with van der Waals surface area (Å²) in [5.74, 6) is -3.66. The number of anilines is 1. The van der Waals surface area contributed by atoms with E-state index < -0.39 is 30.9 Å². The van der Waals surface area contributed by atoms with E-state index in [4.69, 9.17) is 10.2 Å². The third-order valence-corrected chi connectivity index (χ3v) is 3.62. The lowest BCUT2D eigenvalue weighted by Gasteiger charge is -2.21. The van der Waals surface area contributed by atoms with E-state index in [9.17, 15) is 19.6 Å². The summed E-state index contributed by atoms with van der Waals surface area (Å²) in [6.07, 6.45) is 1.31. The van der Waals surface area contributed by atoms with Crippen LogP contribution in [0.1, 0.15) is 19.4 Å². The Balaban J connectivity index is 3.08. The van der Waals surface area contributed by atoms with Crippen LogP contribution in [0, 0.1) is 11.3 Å². The number of nitrogens with zero attached hydrogens (tertiary/aromatic N) is 3. The van der Waals surface area contributed by atoms with E-state index in [0.717, 1.165) is 18.8 Å². The van der Waals surface area contributed by atoms with Gasteiger partial charge in [0.05, 0.1) is 0 Å². The van der Waals surface area contributed by atoms with E-state index in [2.05, 4.69) is 4.90 Å². The normalized spacial score (nSPS) is 10.7. The van der Waals surface area contributed by atoms with E-state index in [0.29, 0.717) is 10.5 Å². The molecule has 8 nitrogen and oxygen atoms in total. The fourth-order valence-corrected chi connectivity index (χ4v) is 2.38. The van der Waals surface area contributed by atoms with Crippen LogP contribution in [0.2, 0.25) is 0 Å². The number of amides is 1. The molecule has 0 saturated heterocycles. The van der Waals surface area contributed by atoms with Gasteiger partial charge in [-0.15, -0.1) is 0 Å². The van der Waals surface area contributed by atoms with Crippen molar-refractivity contribution in [3.05, 3.63) is 35.4 Å². The van der Waals surface area contributed by atoms with Gasteiger partial charge in [-0.1, -0.05) is 12.1 Å². The molecule has 0 bridgehead atoms. The van der Waals surface area contributed by atoms with Gasteiger partial charge in [-0.2, -0.15) is 5.26 Å². The Morgan fingerprint density at radius 1 is 1.04 bits per heavy atom. The molecule has 0 spiro atoms. The van der Waals surface area contributed by atoms with Crippen LogP contribution in [0.15, 0.2) is 29.8 Å². The average molecular weight is 359 g/mol. The van der Waals surface area contributed by atoms with Crippen molar-refractivity contribution in [2.24, 2.45) is 0 Å². The highest BCUT2D eigenvalue weighted by molar-refractivity contribution is 6.03. The summed E-state index contributed by atoms with van der Waals surface area (Å²) in [4.78, 5) is 36.7. The monoisotopic (exact) mass is 359 g/mol. The highest BCUT2D eigenvalue weighted by Crippen LogP contribution is 2.17. The van der Waals surface area contributed by atoms with Crippen molar-refractivity contribution in [3.63, 3.8) is 0 Å². The highest BCUT2D eigenvalue weighted by Gasteiger charge is 2.23. The number of carboxylic acid groups (broad SMARTS) is 2. The Morgan fingerprint density at radius 2 is 1.54 bits per heavy atom. The predicted octanol–water partition coefficient (Wildman–Crippen LogP) is 1.44. The fraction of sp³-hybridized carbons (Fsp3) is 0.333. The average Bonchev–Trinajstić information content (AvgIpc) is 2.60. The number of nitriles is 1. The number of carbonyl (C=O) groups is 3. The van der Waals surface area contributed by atoms with Gasteiger partial charge in [0.1, 0.15) is 24.7 Å². The zero-order valence-corrected chi connectivity index (χ0v) is 14.7. The Kier molecular flexibility index (Phi) is 7.83. The van der Waals surface area contributed by atoms with Crippen LogP contribution in [0.4, 0.5) is 5.69 Å². The van der Waals surface area contributed by atoms with Crippen molar-refractivity contribution in [2.75, 3.05) is 31.1 Å². The van der Waals surface area contributed by atoms with Gasteiger partial charge in [-0.25, -0.2) is 0 Å². The molecule has 1 rings (SSSR count). The lowest BCUT2D eigenvalue weighted by Crippen LogP contribution is -2.40. The van der Waals surface area contributed by atoms with E-state index >= 15 is 0 Å². The SMILES string of the molecule is CCN(CC)c1ccc(/C=C(\C#N)C(=O)N(CC(=O)O)CC(=O)O)cc1. The minimum Gasteiger partial charge on any atom is -0.480 e. The molecule has 0 radical (unpaired) electrons. The second-order valence-electron chi connectivity index (χ2n) is 5.38. The molecule has 0 atom stereocenters. The number of benzene rings is 1. The summed E-state index contributed by atoms with van der Waals surface area (Å²) in [7, 11) is 0. The minimum atomic E-state index is -1.36. The Morgan fingerprint density at radius 3 is 1.92 bits per heavy atom. The fourth-order valence-electron chi connectivity index (χ4n) is 2.38. The summed E-state index contributed by atoms with van der Waals surface area (Å²) in [5, 5.41) is 26.9. The number of hydrogen-bond acceptors (Lipinski definition) is 5. The molecule has 1 aromatic rings. The minimum absolute atomic E-state index is 0.330. The quantitative estimate of drug-likeness (QED) is 0.505. The summed E-state index contributed by atoms with van der Waals surface area (Å²) in [6, 6.07) is 8.88. The molecule has 0 aliphatic rings. The zero-order chi connectivity index (χ0) is 19.7. The second-order valence-corrected chi connectivity index (χ2v) is 5.38. The Hall–Kier alpha value is -3.34. The Bertz CT molecular complexity index is 714. The largest absolute Gasteiger partial charge is 0.480 e. The van der Waals surface area contributed by atoms with Gasteiger partial charge >= 0.3 is 11.9 Å². The van der Waals surface area contributed by atoms with Crippen molar-refractivity contribution in [2.45, 2.75) is 13.8 Å². The van der Waals surface area contributed by atoms with Gasteiger partial charge in [0.15, 0.2) is 0 Å². The molecule has 0 unspecified atom stereocenters. The van der Waals surface area contributed by atoms with E-state index in [-0.39, 0.29) is 5.57 Å². The number of rotatable bonds is 9. The third kappa shape index (κ3) is 5.94. The predicted molar refractivity (Wildman–Crippen MR) is 95.4 cm³/mol. The standard InChI is InChI=1S/C18H21N3O5/c1-3-20(4-2)15-7-5-13(6-8-15)9-14(10-19)18(26)21(11-16(22)23)12-17(24)25/h5-9H,3-4,11-12H2,1-2H3,(H,22,23)(H,24,25)/b14-9+. The van der Waals surface area contributed by atoms with Crippen molar-refractivity contribution in [1.29, 1.82) is 5.26 Å². The first-order valence-corrected chi connectivity index (χ1v) is 8.02. The molecule has 138 valence electrons. The number of aliphatic carboxylic acids is 2. The highest BCUT2D eigenvalue weighted by atomic mass is 16.4. The summed E-state index contributed by atoms with van der Waals surface area (Å²) in [6.45, 7) is 4.14.